The highest BCUT2D eigenvalue weighted by Gasteiger charge is 2.17. The van der Waals surface area contributed by atoms with Gasteiger partial charge in [0.25, 0.3) is 0 Å². The van der Waals surface area contributed by atoms with Crippen molar-refractivity contribution in [1.29, 1.82) is 0 Å². The molecule has 2 heteroatoms. The van der Waals surface area contributed by atoms with E-state index in [4.69, 9.17) is 8.83 Å². The molecule has 0 fully saturated rings. The SMILES string of the molecule is c1ccc(-c2ccc(-c3cccc(-c4ccc5oc6c(ccc7c8cc(-c9cccc(-c%10ccc(-c%11ccccc%11)cc%10)c9)ccc8oc76)c5c4)c3)cc2)cc1. The summed E-state index contributed by atoms with van der Waals surface area (Å²) >= 11 is 0. The maximum Gasteiger partial charge on any atom is 0.178 e. The molecule has 0 amide bonds. The van der Waals surface area contributed by atoms with Gasteiger partial charge in [0.05, 0.1) is 0 Å². The summed E-state index contributed by atoms with van der Waals surface area (Å²) in [5.74, 6) is 0. The molecule has 0 radical (unpaired) electrons. The lowest BCUT2D eigenvalue weighted by atomic mass is 9.96. The topological polar surface area (TPSA) is 26.3 Å². The van der Waals surface area contributed by atoms with Crippen molar-refractivity contribution >= 4 is 43.9 Å². The summed E-state index contributed by atoms with van der Waals surface area (Å²) in [5.41, 5.74) is 17.5. The van der Waals surface area contributed by atoms with Gasteiger partial charge >= 0.3 is 0 Å². The van der Waals surface area contributed by atoms with E-state index in [2.05, 4.69) is 206 Å². The standard InChI is InChI=1S/C54H34O2/c1-3-9-35(10-4-1)37-17-21-39(22-18-37)41-13-7-15-43(31-41)45-25-29-51-49(33-45)47-27-28-48-50-34-46(26-30-52(50)56-54(48)53(47)55-51)44-16-8-14-42(32-44)40-23-19-38(20-24-40)36-11-5-2-6-12-36/h1-34H. The van der Waals surface area contributed by atoms with Crippen LogP contribution in [0.2, 0.25) is 0 Å². The lowest BCUT2D eigenvalue weighted by molar-refractivity contribution is 0.633. The maximum atomic E-state index is 6.55. The van der Waals surface area contributed by atoms with Crippen molar-refractivity contribution in [2.24, 2.45) is 0 Å². The number of hydrogen-bond donors (Lipinski definition) is 0. The van der Waals surface area contributed by atoms with Crippen molar-refractivity contribution in [1.82, 2.24) is 0 Å². The minimum Gasteiger partial charge on any atom is -0.452 e. The van der Waals surface area contributed by atoms with E-state index < -0.39 is 0 Å². The van der Waals surface area contributed by atoms with Gasteiger partial charge in [-0.15, -0.1) is 0 Å². The Balaban J connectivity index is 0.915. The second kappa shape index (κ2) is 13.2. The van der Waals surface area contributed by atoms with Crippen LogP contribution in [-0.4, -0.2) is 0 Å². The first kappa shape index (κ1) is 32.0. The van der Waals surface area contributed by atoms with Gasteiger partial charge in [-0.3, -0.25) is 0 Å². The van der Waals surface area contributed by atoms with Gasteiger partial charge in [0, 0.05) is 21.5 Å². The molecular formula is C54H34O2. The second-order valence-corrected chi connectivity index (χ2v) is 14.5. The molecule has 0 aliphatic heterocycles. The Bertz CT molecular complexity index is 2980. The zero-order valence-corrected chi connectivity index (χ0v) is 30.4. The van der Waals surface area contributed by atoms with Crippen LogP contribution in [0, 0.1) is 0 Å². The first-order valence-electron chi connectivity index (χ1n) is 19.1. The normalized spacial score (nSPS) is 11.6. The molecule has 2 nitrogen and oxygen atoms in total. The third-order valence-corrected chi connectivity index (χ3v) is 11.1. The van der Waals surface area contributed by atoms with Gasteiger partial charge in [0.2, 0.25) is 0 Å². The van der Waals surface area contributed by atoms with E-state index in [0.717, 1.165) is 66.1 Å². The quantitative estimate of drug-likeness (QED) is 0.171. The van der Waals surface area contributed by atoms with E-state index >= 15 is 0 Å². The van der Waals surface area contributed by atoms with Crippen molar-refractivity contribution < 1.29 is 8.83 Å². The van der Waals surface area contributed by atoms with Crippen LogP contribution in [0.4, 0.5) is 0 Å². The van der Waals surface area contributed by atoms with Crippen LogP contribution in [0.15, 0.2) is 215 Å². The van der Waals surface area contributed by atoms with E-state index in [1.54, 1.807) is 0 Å². The van der Waals surface area contributed by atoms with Crippen molar-refractivity contribution in [2.45, 2.75) is 0 Å². The van der Waals surface area contributed by atoms with Crippen LogP contribution in [0.25, 0.3) is 111 Å². The first-order valence-corrected chi connectivity index (χ1v) is 19.1. The molecule has 56 heavy (non-hydrogen) atoms. The number of rotatable bonds is 6. The third kappa shape index (κ3) is 5.59. The fourth-order valence-corrected chi connectivity index (χ4v) is 8.16. The lowest BCUT2D eigenvalue weighted by Crippen LogP contribution is -1.83. The van der Waals surface area contributed by atoms with Crippen molar-refractivity contribution in [2.75, 3.05) is 0 Å². The van der Waals surface area contributed by atoms with E-state index in [0.29, 0.717) is 0 Å². The zero-order valence-electron chi connectivity index (χ0n) is 30.4. The van der Waals surface area contributed by atoms with E-state index in [9.17, 15) is 0 Å². The molecule has 0 N–H and O–H groups in total. The molecule has 0 aliphatic rings. The van der Waals surface area contributed by atoms with Gasteiger partial charge in [-0.25, -0.2) is 0 Å². The maximum absolute atomic E-state index is 6.55. The Morgan fingerprint density at radius 1 is 0.196 bits per heavy atom. The number of hydrogen-bond acceptors (Lipinski definition) is 2. The zero-order chi connectivity index (χ0) is 37.0. The molecule has 0 saturated heterocycles. The minimum atomic E-state index is 0.778. The monoisotopic (exact) mass is 714 g/mol. The number of benzene rings is 9. The van der Waals surface area contributed by atoms with Gasteiger partial charge in [0.15, 0.2) is 11.2 Å². The van der Waals surface area contributed by atoms with Crippen LogP contribution in [0.5, 0.6) is 0 Å². The number of fused-ring (bicyclic) bond motifs is 7. The smallest absolute Gasteiger partial charge is 0.178 e. The van der Waals surface area contributed by atoms with E-state index in [1.807, 2.05) is 0 Å². The summed E-state index contributed by atoms with van der Waals surface area (Å²) in [5, 5.41) is 4.25. The molecule has 262 valence electrons. The van der Waals surface area contributed by atoms with Crippen molar-refractivity contribution in [3.05, 3.63) is 206 Å². The van der Waals surface area contributed by atoms with Crippen molar-refractivity contribution in [3.8, 4) is 66.8 Å². The molecule has 0 unspecified atom stereocenters. The molecule has 0 aliphatic carbocycles. The summed E-state index contributed by atoms with van der Waals surface area (Å²) in [6.07, 6.45) is 0. The summed E-state index contributed by atoms with van der Waals surface area (Å²) in [4.78, 5) is 0. The van der Waals surface area contributed by atoms with Gasteiger partial charge in [-0.1, -0.05) is 158 Å². The highest BCUT2D eigenvalue weighted by atomic mass is 16.4. The third-order valence-electron chi connectivity index (χ3n) is 11.1. The summed E-state index contributed by atoms with van der Waals surface area (Å²) in [6, 6.07) is 73.5. The van der Waals surface area contributed by atoms with Crippen LogP contribution in [0.1, 0.15) is 0 Å². The Morgan fingerprint density at radius 2 is 0.482 bits per heavy atom. The molecule has 0 spiro atoms. The van der Waals surface area contributed by atoms with Gasteiger partial charge in [0.1, 0.15) is 11.2 Å². The molecule has 11 rings (SSSR count). The summed E-state index contributed by atoms with van der Waals surface area (Å²) in [7, 11) is 0. The number of furan rings is 2. The molecule has 11 aromatic rings. The predicted octanol–water partition coefficient (Wildman–Crippen LogP) is 15.5. The van der Waals surface area contributed by atoms with E-state index in [-0.39, 0.29) is 0 Å². The lowest BCUT2D eigenvalue weighted by Gasteiger charge is -2.08. The Hall–Kier alpha value is -7.42. The molecular weight excluding hydrogens is 681 g/mol. The minimum absolute atomic E-state index is 0.778. The average Bonchev–Trinajstić information content (AvgIpc) is 3.85. The summed E-state index contributed by atoms with van der Waals surface area (Å²) in [6.45, 7) is 0. The van der Waals surface area contributed by atoms with Crippen LogP contribution < -0.4 is 0 Å². The molecule has 2 aromatic heterocycles. The fraction of sp³-hybridized carbons (Fsp3) is 0. The Morgan fingerprint density at radius 3 is 0.875 bits per heavy atom. The highest BCUT2D eigenvalue weighted by molar-refractivity contribution is 6.19. The van der Waals surface area contributed by atoms with Crippen LogP contribution in [-0.2, 0) is 0 Å². The Kier molecular flexibility index (Phi) is 7.53. The molecule has 0 bridgehead atoms. The fourth-order valence-electron chi connectivity index (χ4n) is 8.16. The van der Waals surface area contributed by atoms with E-state index in [1.165, 1.54) is 44.5 Å². The van der Waals surface area contributed by atoms with Crippen molar-refractivity contribution in [3.63, 3.8) is 0 Å². The van der Waals surface area contributed by atoms with Gasteiger partial charge in [-0.05, 0) is 115 Å². The molecule has 0 saturated carbocycles. The molecule has 9 aromatic carbocycles. The largest absolute Gasteiger partial charge is 0.452 e. The summed E-state index contributed by atoms with van der Waals surface area (Å²) < 4.78 is 13.1. The molecule has 2 heterocycles. The van der Waals surface area contributed by atoms with Crippen LogP contribution in [0.3, 0.4) is 0 Å². The highest BCUT2D eigenvalue weighted by Crippen LogP contribution is 2.41. The Labute approximate surface area is 324 Å². The van der Waals surface area contributed by atoms with Crippen LogP contribution >= 0.6 is 0 Å². The van der Waals surface area contributed by atoms with Gasteiger partial charge in [-0.2, -0.15) is 0 Å². The average molecular weight is 715 g/mol. The van der Waals surface area contributed by atoms with Gasteiger partial charge < -0.3 is 8.83 Å². The second-order valence-electron chi connectivity index (χ2n) is 14.5. The first-order chi connectivity index (χ1) is 27.7. The predicted molar refractivity (Wildman–Crippen MR) is 234 cm³/mol. The molecule has 0 atom stereocenters.